The van der Waals surface area contributed by atoms with Crippen LogP contribution in [0.5, 0.6) is 0 Å². The molecular weight excluding hydrogens is 466 g/mol. The number of nitrogens with one attached hydrogen (secondary N) is 2. The predicted octanol–water partition coefficient (Wildman–Crippen LogP) is 1.93. The number of thiazole rings is 1. The minimum Gasteiger partial charge on any atom is -0.391 e. The highest BCUT2D eigenvalue weighted by Gasteiger charge is 2.44. The van der Waals surface area contributed by atoms with Gasteiger partial charge in [-0.1, -0.05) is 45.0 Å². The topological polar surface area (TPSA) is 124 Å². The third-order valence-electron chi connectivity index (χ3n) is 5.97. The zero-order valence-corrected chi connectivity index (χ0v) is 21.4. The van der Waals surface area contributed by atoms with Gasteiger partial charge in [0.25, 0.3) is 0 Å². The van der Waals surface area contributed by atoms with Crippen molar-refractivity contribution in [3.63, 3.8) is 0 Å². The van der Waals surface area contributed by atoms with Crippen molar-refractivity contribution < 1.29 is 19.5 Å². The van der Waals surface area contributed by atoms with Crippen molar-refractivity contribution in [1.29, 1.82) is 0 Å². The van der Waals surface area contributed by atoms with Gasteiger partial charge in [-0.25, -0.2) is 4.98 Å². The highest BCUT2D eigenvalue weighted by Crippen LogP contribution is 2.28. The molecular formula is C25H33N5O4S. The molecule has 9 nitrogen and oxygen atoms in total. The van der Waals surface area contributed by atoms with E-state index in [2.05, 4.69) is 27.3 Å². The predicted molar refractivity (Wildman–Crippen MR) is 136 cm³/mol. The number of amides is 3. The van der Waals surface area contributed by atoms with Crippen molar-refractivity contribution in [3.05, 3.63) is 41.0 Å². The second-order valence-corrected chi connectivity index (χ2v) is 10.7. The van der Waals surface area contributed by atoms with Gasteiger partial charge in [-0.2, -0.15) is 0 Å². The summed E-state index contributed by atoms with van der Waals surface area (Å²) in [5, 5.41) is 15.9. The Bertz CT molecular complexity index is 1080. The van der Waals surface area contributed by atoms with Crippen LogP contribution in [0.1, 0.15) is 38.4 Å². The van der Waals surface area contributed by atoms with Gasteiger partial charge < -0.3 is 20.6 Å². The maximum absolute atomic E-state index is 13.4. The van der Waals surface area contributed by atoms with E-state index in [0.717, 1.165) is 21.7 Å². The van der Waals surface area contributed by atoms with Crippen LogP contribution in [-0.2, 0) is 20.9 Å². The van der Waals surface area contributed by atoms with Gasteiger partial charge in [0.2, 0.25) is 17.7 Å². The fourth-order valence-corrected chi connectivity index (χ4v) is 4.90. The van der Waals surface area contributed by atoms with Crippen molar-refractivity contribution in [3.8, 4) is 10.4 Å². The van der Waals surface area contributed by atoms with E-state index in [9.17, 15) is 19.5 Å². The van der Waals surface area contributed by atoms with E-state index in [1.54, 1.807) is 11.3 Å². The fourth-order valence-electron chi connectivity index (χ4n) is 4.09. The van der Waals surface area contributed by atoms with E-state index >= 15 is 0 Å². The zero-order chi connectivity index (χ0) is 25.8. The van der Waals surface area contributed by atoms with E-state index in [0.29, 0.717) is 6.54 Å². The van der Waals surface area contributed by atoms with E-state index in [4.69, 9.17) is 0 Å². The molecule has 188 valence electrons. The number of β-amino-alcohol motifs (C(OH)–C–C–N with tert-alkyl or cyclic N) is 1. The number of aliphatic imine (C=N–C) groups is 1. The molecule has 1 fully saturated rings. The molecule has 0 bridgehead atoms. The van der Waals surface area contributed by atoms with Crippen LogP contribution in [-0.4, -0.2) is 70.7 Å². The lowest BCUT2D eigenvalue weighted by Crippen LogP contribution is -2.58. The van der Waals surface area contributed by atoms with E-state index < -0.39 is 35.4 Å². The summed E-state index contributed by atoms with van der Waals surface area (Å²) in [6.45, 7) is 10.9. The molecule has 35 heavy (non-hydrogen) atoms. The van der Waals surface area contributed by atoms with Crippen LogP contribution in [0.15, 0.2) is 34.8 Å². The Labute approximate surface area is 209 Å². The molecule has 1 saturated heterocycles. The van der Waals surface area contributed by atoms with Gasteiger partial charge >= 0.3 is 0 Å². The lowest BCUT2D eigenvalue weighted by Gasteiger charge is -2.35. The first-order valence-electron chi connectivity index (χ1n) is 11.5. The van der Waals surface area contributed by atoms with E-state index in [1.165, 1.54) is 4.90 Å². The number of aromatic nitrogens is 1. The van der Waals surface area contributed by atoms with Crippen molar-refractivity contribution >= 4 is 35.8 Å². The van der Waals surface area contributed by atoms with Crippen LogP contribution >= 0.6 is 11.3 Å². The lowest BCUT2D eigenvalue weighted by atomic mass is 9.85. The van der Waals surface area contributed by atoms with Gasteiger partial charge in [0.05, 0.1) is 22.2 Å². The first-order chi connectivity index (χ1) is 16.5. The SMILES string of the molecule is C=NCC(=O)N[C@H](C(=O)N1C[C@H](O)C[C@H]1C(=O)NCc1ccc(-c2scnc2C)cc1)C(C)(C)C. The van der Waals surface area contributed by atoms with Crippen molar-refractivity contribution in [1.82, 2.24) is 20.5 Å². The Balaban J connectivity index is 1.67. The summed E-state index contributed by atoms with van der Waals surface area (Å²) < 4.78 is 0. The maximum Gasteiger partial charge on any atom is 0.246 e. The highest BCUT2D eigenvalue weighted by molar-refractivity contribution is 7.13. The summed E-state index contributed by atoms with van der Waals surface area (Å²) >= 11 is 1.58. The van der Waals surface area contributed by atoms with Crippen molar-refractivity contribution in [2.75, 3.05) is 13.1 Å². The summed E-state index contributed by atoms with van der Waals surface area (Å²) in [4.78, 5) is 48.9. The quantitative estimate of drug-likeness (QED) is 0.479. The van der Waals surface area contributed by atoms with Crippen LogP contribution in [0.25, 0.3) is 10.4 Å². The molecule has 0 spiro atoms. The normalized spacial score (nSPS) is 18.7. The van der Waals surface area contributed by atoms with Gasteiger partial charge in [-0.15, -0.1) is 11.3 Å². The average molecular weight is 500 g/mol. The molecule has 3 N–H and O–H groups in total. The smallest absolute Gasteiger partial charge is 0.246 e. The summed E-state index contributed by atoms with van der Waals surface area (Å²) in [6, 6.07) is 6.17. The number of aliphatic hydroxyl groups excluding tert-OH is 1. The van der Waals surface area contributed by atoms with E-state index in [-0.39, 0.29) is 25.4 Å². The number of carbonyl (C=O) groups is 3. The number of carbonyl (C=O) groups excluding carboxylic acids is 3. The molecule has 0 unspecified atom stereocenters. The number of hydrogen-bond acceptors (Lipinski definition) is 7. The summed E-state index contributed by atoms with van der Waals surface area (Å²) in [6.07, 6.45) is -0.678. The van der Waals surface area contributed by atoms with Gasteiger partial charge in [0.15, 0.2) is 0 Å². The molecule has 1 aromatic carbocycles. The molecule has 1 aliphatic rings. The van der Waals surface area contributed by atoms with Crippen molar-refractivity contribution in [2.45, 2.75) is 58.8 Å². The third kappa shape index (κ3) is 6.52. The molecule has 0 aliphatic carbocycles. The van der Waals surface area contributed by atoms with E-state index in [1.807, 2.05) is 57.5 Å². The van der Waals surface area contributed by atoms with Crippen LogP contribution in [0, 0.1) is 12.3 Å². The molecule has 0 saturated carbocycles. The summed E-state index contributed by atoms with van der Waals surface area (Å²) in [5.41, 5.74) is 4.16. The van der Waals surface area contributed by atoms with Crippen molar-refractivity contribution in [2.24, 2.45) is 10.4 Å². The Hall–Kier alpha value is -3.11. The first-order valence-corrected chi connectivity index (χ1v) is 12.4. The van der Waals surface area contributed by atoms with Gasteiger partial charge in [-0.05, 0) is 30.2 Å². The lowest BCUT2D eigenvalue weighted by molar-refractivity contribution is -0.143. The Morgan fingerprint density at radius 3 is 2.54 bits per heavy atom. The average Bonchev–Trinajstić information content (AvgIpc) is 3.40. The van der Waals surface area contributed by atoms with Crippen LogP contribution in [0.3, 0.4) is 0 Å². The number of aryl methyl sites for hydroxylation is 1. The Kier molecular flexibility index (Phi) is 8.39. The first kappa shape index (κ1) is 26.5. The molecule has 2 heterocycles. The summed E-state index contributed by atoms with van der Waals surface area (Å²) in [7, 11) is 0. The second-order valence-electron chi connectivity index (χ2n) is 9.83. The fraction of sp³-hybridized carbons (Fsp3) is 0.480. The molecule has 3 amide bonds. The molecule has 0 radical (unpaired) electrons. The monoisotopic (exact) mass is 499 g/mol. The minimum atomic E-state index is -0.875. The van der Waals surface area contributed by atoms with Crippen LogP contribution < -0.4 is 10.6 Å². The third-order valence-corrected chi connectivity index (χ3v) is 6.94. The Morgan fingerprint density at radius 2 is 1.97 bits per heavy atom. The standard InChI is InChI=1S/C25H33N5O4S/c1-15-21(35-14-28-15)17-8-6-16(7-9-17)11-27-23(33)19-10-18(31)13-30(19)24(34)22(25(2,3)4)29-20(32)12-26-5/h6-9,14,18-19,22,31H,5,10-13H2,1-4H3,(H,27,33)(H,29,32)/t18-,19+,22-/m1/s1. The minimum absolute atomic E-state index is 0.0297. The van der Waals surface area contributed by atoms with Gasteiger partial charge in [-0.3, -0.25) is 19.4 Å². The maximum atomic E-state index is 13.4. The zero-order valence-electron chi connectivity index (χ0n) is 20.6. The molecule has 1 aliphatic heterocycles. The highest BCUT2D eigenvalue weighted by atomic mass is 32.1. The summed E-state index contributed by atoms with van der Waals surface area (Å²) in [5.74, 6) is -1.18. The number of nitrogens with zero attached hydrogens (tertiary/aromatic N) is 3. The number of likely N-dealkylation sites (tertiary alicyclic amines) is 1. The number of aliphatic hydroxyl groups is 1. The number of rotatable bonds is 8. The van der Waals surface area contributed by atoms with Gasteiger partial charge in [0.1, 0.15) is 18.6 Å². The molecule has 2 aromatic rings. The Morgan fingerprint density at radius 1 is 1.29 bits per heavy atom. The molecule has 1 aromatic heterocycles. The van der Waals surface area contributed by atoms with Crippen LogP contribution in [0.4, 0.5) is 0 Å². The molecule has 3 rings (SSSR count). The number of benzene rings is 1. The number of hydrogen-bond donors (Lipinski definition) is 3. The molecule has 3 atom stereocenters. The second kappa shape index (κ2) is 11.1. The van der Waals surface area contributed by atoms with Crippen LogP contribution in [0.2, 0.25) is 0 Å². The van der Waals surface area contributed by atoms with Gasteiger partial charge in [0, 0.05) is 19.5 Å². The molecule has 10 heteroatoms. The largest absolute Gasteiger partial charge is 0.391 e.